The number of halogens is 1. The van der Waals surface area contributed by atoms with Crippen molar-refractivity contribution in [2.45, 2.75) is 0 Å². The Morgan fingerprint density at radius 3 is 2.82 bits per heavy atom. The lowest BCUT2D eigenvalue weighted by atomic mass is 10.3. The number of anilines is 2. The van der Waals surface area contributed by atoms with E-state index in [1.165, 1.54) is 17.5 Å². The van der Waals surface area contributed by atoms with Gasteiger partial charge in [-0.05, 0) is 46.3 Å². The van der Waals surface area contributed by atoms with Crippen molar-refractivity contribution < 1.29 is 9.53 Å². The maximum absolute atomic E-state index is 12.3. The lowest BCUT2D eigenvalue weighted by Crippen LogP contribution is -2.09. The Morgan fingerprint density at radius 2 is 2.00 bits per heavy atom. The number of ether oxygens (including phenoxy) is 1. The minimum atomic E-state index is -0.474. The smallest absolute Gasteiger partial charge is 0.345 e. The van der Waals surface area contributed by atoms with Crippen molar-refractivity contribution in [3.8, 4) is 17.1 Å². The second kappa shape index (κ2) is 8.28. The van der Waals surface area contributed by atoms with Gasteiger partial charge in [0.1, 0.15) is 11.4 Å². The molecule has 0 fully saturated rings. The molecule has 0 spiro atoms. The number of carbonyl (C=O) groups excluding carboxylic acids is 1. The molecule has 8 heteroatoms. The van der Waals surface area contributed by atoms with E-state index < -0.39 is 5.97 Å². The zero-order chi connectivity index (χ0) is 19.3. The third-order valence-corrected chi connectivity index (χ3v) is 4.86. The molecule has 0 aliphatic carbocycles. The maximum atomic E-state index is 12.3. The number of nitrogens with zero attached hydrogens (tertiary/aromatic N) is 3. The molecule has 6 nitrogen and oxygen atoms in total. The summed E-state index contributed by atoms with van der Waals surface area (Å²) in [4.78, 5) is 25.1. The summed E-state index contributed by atoms with van der Waals surface area (Å²) in [5.41, 5.74) is 2.75. The molecule has 0 amide bonds. The van der Waals surface area contributed by atoms with Gasteiger partial charge in [-0.15, -0.1) is 11.3 Å². The number of benzene rings is 1. The highest BCUT2D eigenvalue weighted by Gasteiger charge is 2.11. The van der Waals surface area contributed by atoms with Crippen LogP contribution in [-0.4, -0.2) is 20.9 Å². The number of hydrogen-bond donors (Lipinski definition) is 1. The van der Waals surface area contributed by atoms with Gasteiger partial charge in [0.05, 0.1) is 11.3 Å². The van der Waals surface area contributed by atoms with Gasteiger partial charge in [-0.2, -0.15) is 0 Å². The molecule has 1 N–H and O–H groups in total. The molecule has 1 aromatic carbocycles. The van der Waals surface area contributed by atoms with E-state index in [1.807, 2.05) is 29.6 Å². The van der Waals surface area contributed by atoms with E-state index >= 15 is 0 Å². The van der Waals surface area contributed by atoms with Gasteiger partial charge in [0.25, 0.3) is 0 Å². The Balaban J connectivity index is 1.47. The normalized spacial score (nSPS) is 10.5. The molecule has 3 aromatic heterocycles. The standard InChI is InChI=1S/C20H13BrN4O2S/c21-14-8-13(10-22-11-14)19(26)27-16-5-3-4-15(9-16)24-20-25-18(12-28-20)17-6-1-2-7-23-17/h1-12H,(H,24,25). The number of thiazole rings is 1. The Hall–Kier alpha value is -3.10. The first kappa shape index (κ1) is 18.3. The summed E-state index contributed by atoms with van der Waals surface area (Å²) in [6, 6.07) is 14.5. The average Bonchev–Trinajstić information content (AvgIpc) is 3.17. The molecule has 138 valence electrons. The third kappa shape index (κ3) is 4.41. The molecule has 0 aliphatic rings. The highest BCUT2D eigenvalue weighted by molar-refractivity contribution is 9.10. The van der Waals surface area contributed by atoms with Crippen molar-refractivity contribution in [3.63, 3.8) is 0 Å². The summed E-state index contributed by atoms with van der Waals surface area (Å²) in [5, 5.41) is 5.89. The van der Waals surface area contributed by atoms with Crippen LogP contribution in [0.2, 0.25) is 0 Å². The third-order valence-electron chi connectivity index (χ3n) is 3.67. The SMILES string of the molecule is O=C(Oc1cccc(Nc2nc(-c3ccccn3)cs2)c1)c1cncc(Br)c1. The Kier molecular flexibility index (Phi) is 5.41. The van der Waals surface area contributed by atoms with Crippen LogP contribution in [0, 0.1) is 0 Å². The van der Waals surface area contributed by atoms with Gasteiger partial charge in [0.15, 0.2) is 5.13 Å². The molecule has 0 unspecified atom stereocenters. The molecule has 0 saturated heterocycles. The fourth-order valence-corrected chi connectivity index (χ4v) is 3.50. The van der Waals surface area contributed by atoms with Gasteiger partial charge >= 0.3 is 5.97 Å². The van der Waals surface area contributed by atoms with Crippen molar-refractivity contribution >= 4 is 44.1 Å². The van der Waals surface area contributed by atoms with Gasteiger partial charge in [-0.25, -0.2) is 9.78 Å². The summed E-state index contributed by atoms with van der Waals surface area (Å²) in [6.45, 7) is 0. The van der Waals surface area contributed by atoms with Crippen LogP contribution in [0.15, 0.2) is 77.0 Å². The fourth-order valence-electron chi connectivity index (χ4n) is 2.41. The number of carbonyl (C=O) groups is 1. The largest absolute Gasteiger partial charge is 0.423 e. The number of esters is 1. The first-order valence-corrected chi connectivity index (χ1v) is 9.91. The molecule has 0 aliphatic heterocycles. The summed E-state index contributed by atoms with van der Waals surface area (Å²) in [7, 11) is 0. The van der Waals surface area contributed by atoms with Crippen molar-refractivity contribution in [1.29, 1.82) is 0 Å². The van der Waals surface area contributed by atoms with Crippen molar-refractivity contribution in [2.24, 2.45) is 0 Å². The highest BCUT2D eigenvalue weighted by Crippen LogP contribution is 2.27. The van der Waals surface area contributed by atoms with Crippen LogP contribution in [-0.2, 0) is 0 Å². The van der Waals surface area contributed by atoms with Crippen LogP contribution in [0.25, 0.3) is 11.4 Å². The number of hydrogen-bond acceptors (Lipinski definition) is 7. The Labute approximate surface area is 173 Å². The minimum absolute atomic E-state index is 0.368. The summed E-state index contributed by atoms with van der Waals surface area (Å²) >= 11 is 4.77. The van der Waals surface area contributed by atoms with E-state index in [0.717, 1.165) is 22.2 Å². The monoisotopic (exact) mass is 452 g/mol. The number of nitrogens with one attached hydrogen (secondary N) is 1. The zero-order valence-electron chi connectivity index (χ0n) is 14.4. The molecular formula is C20H13BrN4O2S. The van der Waals surface area contributed by atoms with Gasteiger partial charge in [0.2, 0.25) is 0 Å². The molecule has 0 radical (unpaired) electrons. The van der Waals surface area contributed by atoms with E-state index in [9.17, 15) is 4.79 Å². The van der Waals surface area contributed by atoms with Crippen LogP contribution in [0.1, 0.15) is 10.4 Å². The Bertz CT molecular complexity index is 1120. The van der Waals surface area contributed by atoms with E-state index in [-0.39, 0.29) is 0 Å². The van der Waals surface area contributed by atoms with Gasteiger partial charge in [-0.3, -0.25) is 9.97 Å². The zero-order valence-corrected chi connectivity index (χ0v) is 16.8. The van der Waals surface area contributed by atoms with Crippen LogP contribution in [0.3, 0.4) is 0 Å². The second-order valence-electron chi connectivity index (χ2n) is 5.69. The predicted octanol–water partition coefficient (Wildman–Crippen LogP) is 5.33. The summed E-state index contributed by atoms with van der Waals surface area (Å²) < 4.78 is 6.15. The van der Waals surface area contributed by atoms with Crippen molar-refractivity contribution in [1.82, 2.24) is 15.0 Å². The van der Waals surface area contributed by atoms with Crippen molar-refractivity contribution in [3.05, 3.63) is 82.5 Å². The molecule has 3 heterocycles. The van der Waals surface area contributed by atoms with Gasteiger partial charge in [0, 0.05) is 40.2 Å². The number of aromatic nitrogens is 3. The fraction of sp³-hybridized carbons (Fsp3) is 0. The molecule has 0 atom stereocenters. The second-order valence-corrected chi connectivity index (χ2v) is 7.46. The average molecular weight is 453 g/mol. The number of rotatable bonds is 5. The topological polar surface area (TPSA) is 77.0 Å². The van der Waals surface area contributed by atoms with Crippen LogP contribution >= 0.6 is 27.3 Å². The highest BCUT2D eigenvalue weighted by atomic mass is 79.9. The molecule has 28 heavy (non-hydrogen) atoms. The molecule has 4 aromatic rings. The Morgan fingerprint density at radius 1 is 1.07 bits per heavy atom. The van der Waals surface area contributed by atoms with E-state index in [4.69, 9.17) is 4.74 Å². The predicted molar refractivity (Wildman–Crippen MR) is 112 cm³/mol. The number of pyridine rings is 2. The molecule has 4 rings (SSSR count). The lowest BCUT2D eigenvalue weighted by Gasteiger charge is -2.07. The van der Waals surface area contributed by atoms with E-state index in [0.29, 0.717) is 15.8 Å². The summed E-state index contributed by atoms with van der Waals surface area (Å²) in [5.74, 6) is -0.0471. The first-order chi connectivity index (χ1) is 13.7. The van der Waals surface area contributed by atoms with Gasteiger partial charge < -0.3 is 10.1 Å². The van der Waals surface area contributed by atoms with Crippen LogP contribution < -0.4 is 10.1 Å². The molecule has 0 saturated carbocycles. The summed E-state index contributed by atoms with van der Waals surface area (Å²) in [6.07, 6.45) is 4.80. The van der Waals surface area contributed by atoms with E-state index in [2.05, 4.69) is 36.2 Å². The molecular weight excluding hydrogens is 440 g/mol. The van der Waals surface area contributed by atoms with Crippen molar-refractivity contribution in [2.75, 3.05) is 5.32 Å². The maximum Gasteiger partial charge on any atom is 0.345 e. The molecule has 0 bridgehead atoms. The van der Waals surface area contributed by atoms with E-state index in [1.54, 1.807) is 36.7 Å². The quantitative estimate of drug-likeness (QED) is 0.325. The minimum Gasteiger partial charge on any atom is -0.423 e. The first-order valence-electron chi connectivity index (χ1n) is 8.24. The van der Waals surface area contributed by atoms with Gasteiger partial charge in [-0.1, -0.05) is 12.1 Å². The van der Waals surface area contributed by atoms with Crippen LogP contribution in [0.5, 0.6) is 5.75 Å². The lowest BCUT2D eigenvalue weighted by molar-refractivity contribution is 0.0734. The van der Waals surface area contributed by atoms with Crippen LogP contribution in [0.4, 0.5) is 10.8 Å².